The normalized spacial score (nSPS) is 13.1. The van der Waals surface area contributed by atoms with Crippen molar-refractivity contribution in [1.29, 1.82) is 0 Å². The molecule has 0 unspecified atom stereocenters. The fourth-order valence-electron chi connectivity index (χ4n) is 2.95. The van der Waals surface area contributed by atoms with Crippen LogP contribution in [0, 0.1) is 0 Å². The van der Waals surface area contributed by atoms with E-state index < -0.39 is 24.0 Å². The van der Waals surface area contributed by atoms with Gasteiger partial charge in [-0.3, -0.25) is 9.59 Å². The minimum absolute atomic E-state index is 0.254. The molecule has 26 heavy (non-hydrogen) atoms. The number of hydrogen-bond donors (Lipinski definition) is 3. The molecule has 5 nitrogen and oxygen atoms in total. The van der Waals surface area contributed by atoms with Crippen molar-refractivity contribution < 1.29 is 14.7 Å². The number of amides is 2. The number of aliphatic hydroxyl groups excluding tert-OH is 1. The highest BCUT2D eigenvalue weighted by Gasteiger charge is 2.24. The highest BCUT2D eigenvalue weighted by atomic mass is 16.3. The highest BCUT2D eigenvalue weighted by Crippen LogP contribution is 2.20. The first-order valence-corrected chi connectivity index (χ1v) is 8.35. The summed E-state index contributed by atoms with van der Waals surface area (Å²) in [5.41, 5.74) is 6.84. The van der Waals surface area contributed by atoms with E-state index in [2.05, 4.69) is 5.32 Å². The molecule has 3 rings (SSSR count). The molecule has 0 aliphatic rings. The maximum Gasteiger partial charge on any atom is 0.254 e. The lowest BCUT2D eigenvalue weighted by Gasteiger charge is -2.19. The van der Waals surface area contributed by atoms with E-state index in [1.165, 1.54) is 0 Å². The van der Waals surface area contributed by atoms with Crippen molar-refractivity contribution in [2.45, 2.75) is 18.6 Å². The van der Waals surface area contributed by atoms with Crippen LogP contribution < -0.4 is 11.1 Å². The van der Waals surface area contributed by atoms with Crippen LogP contribution in [0.25, 0.3) is 10.8 Å². The molecular weight excluding hydrogens is 328 g/mol. The summed E-state index contributed by atoms with van der Waals surface area (Å²) in [6, 6.07) is 21.2. The van der Waals surface area contributed by atoms with Crippen molar-refractivity contribution >= 4 is 22.6 Å². The second kappa shape index (κ2) is 7.80. The summed E-state index contributed by atoms with van der Waals surface area (Å²) in [6.45, 7) is 0. The number of nitrogens with one attached hydrogen (secondary N) is 1. The van der Waals surface area contributed by atoms with E-state index in [0.717, 1.165) is 16.3 Å². The SMILES string of the molecule is NC(=O)[C@H](Cc1cccc2ccccc12)NC(=O)[C@@H](O)c1ccccc1. The smallest absolute Gasteiger partial charge is 0.254 e. The van der Waals surface area contributed by atoms with E-state index >= 15 is 0 Å². The Morgan fingerprint density at radius 2 is 1.58 bits per heavy atom. The molecule has 0 radical (unpaired) electrons. The summed E-state index contributed by atoms with van der Waals surface area (Å²) >= 11 is 0. The standard InChI is InChI=1S/C21H20N2O3/c22-20(25)18(23-21(26)19(24)15-8-2-1-3-9-15)13-16-11-6-10-14-7-4-5-12-17(14)16/h1-12,18-19,24H,13H2,(H2,22,25)(H,23,26)/t18-,19-/m0/s1. The Bertz CT molecular complexity index is 919. The average Bonchev–Trinajstić information content (AvgIpc) is 2.67. The van der Waals surface area contributed by atoms with Gasteiger partial charge in [0.2, 0.25) is 5.91 Å². The van der Waals surface area contributed by atoms with Crippen LogP contribution in [0.4, 0.5) is 0 Å². The lowest BCUT2D eigenvalue weighted by molar-refractivity contribution is -0.133. The Balaban J connectivity index is 1.79. The quantitative estimate of drug-likeness (QED) is 0.637. The summed E-state index contributed by atoms with van der Waals surface area (Å²) < 4.78 is 0. The number of rotatable bonds is 6. The Hall–Kier alpha value is -3.18. The van der Waals surface area contributed by atoms with Gasteiger partial charge in [-0.05, 0) is 21.9 Å². The van der Waals surface area contributed by atoms with E-state index in [-0.39, 0.29) is 6.42 Å². The van der Waals surface area contributed by atoms with Crippen molar-refractivity contribution in [2.75, 3.05) is 0 Å². The summed E-state index contributed by atoms with van der Waals surface area (Å²) in [4.78, 5) is 24.2. The fourth-order valence-corrected chi connectivity index (χ4v) is 2.95. The molecule has 5 heteroatoms. The second-order valence-electron chi connectivity index (χ2n) is 6.12. The summed E-state index contributed by atoms with van der Waals surface area (Å²) in [6.07, 6.45) is -1.10. The van der Waals surface area contributed by atoms with E-state index in [9.17, 15) is 14.7 Å². The zero-order valence-corrected chi connectivity index (χ0v) is 14.1. The molecule has 0 aromatic heterocycles. The summed E-state index contributed by atoms with van der Waals surface area (Å²) in [5, 5.41) is 14.8. The van der Waals surface area contributed by atoms with Crippen LogP contribution >= 0.6 is 0 Å². The molecule has 3 aromatic rings. The topological polar surface area (TPSA) is 92.4 Å². The lowest BCUT2D eigenvalue weighted by atomic mass is 9.98. The van der Waals surface area contributed by atoms with Crippen LogP contribution in [0.5, 0.6) is 0 Å². The fraction of sp³-hybridized carbons (Fsp3) is 0.143. The molecular formula is C21H20N2O3. The van der Waals surface area contributed by atoms with Gasteiger partial charge in [-0.1, -0.05) is 72.8 Å². The first-order valence-electron chi connectivity index (χ1n) is 8.35. The van der Waals surface area contributed by atoms with Crippen molar-refractivity contribution in [3.63, 3.8) is 0 Å². The van der Waals surface area contributed by atoms with Crippen LogP contribution in [0.15, 0.2) is 72.8 Å². The number of carbonyl (C=O) groups excluding carboxylic acids is 2. The molecule has 0 saturated heterocycles. The maximum absolute atomic E-state index is 12.3. The molecule has 4 N–H and O–H groups in total. The molecule has 0 saturated carbocycles. The largest absolute Gasteiger partial charge is 0.378 e. The number of hydrogen-bond acceptors (Lipinski definition) is 3. The van der Waals surface area contributed by atoms with Crippen LogP contribution in [0.3, 0.4) is 0 Å². The van der Waals surface area contributed by atoms with E-state index in [1.54, 1.807) is 30.3 Å². The number of nitrogens with two attached hydrogens (primary N) is 1. The number of aliphatic hydroxyl groups is 1. The molecule has 0 aliphatic carbocycles. The minimum Gasteiger partial charge on any atom is -0.378 e. The Kier molecular flexibility index (Phi) is 5.29. The minimum atomic E-state index is -1.36. The van der Waals surface area contributed by atoms with Gasteiger partial charge in [0.15, 0.2) is 6.10 Å². The van der Waals surface area contributed by atoms with Gasteiger partial charge in [0.1, 0.15) is 6.04 Å². The molecule has 132 valence electrons. The molecule has 0 bridgehead atoms. The van der Waals surface area contributed by atoms with Gasteiger partial charge in [0, 0.05) is 6.42 Å². The molecule has 0 aliphatic heterocycles. The Morgan fingerprint density at radius 1 is 0.923 bits per heavy atom. The number of primary amides is 1. The molecule has 2 amide bonds. The average molecular weight is 348 g/mol. The Labute approximate surface area is 151 Å². The molecule has 2 atom stereocenters. The van der Waals surface area contributed by atoms with Crippen molar-refractivity contribution in [3.05, 3.63) is 83.9 Å². The summed E-state index contributed by atoms with van der Waals surface area (Å²) in [5.74, 6) is -1.30. The molecule has 0 fully saturated rings. The predicted molar refractivity (Wildman–Crippen MR) is 100 cm³/mol. The van der Waals surface area contributed by atoms with Crippen molar-refractivity contribution in [2.24, 2.45) is 5.73 Å². The van der Waals surface area contributed by atoms with Gasteiger partial charge in [0.05, 0.1) is 0 Å². The first kappa shape index (κ1) is 17.6. The molecule has 0 spiro atoms. The van der Waals surface area contributed by atoms with Crippen LogP contribution in [-0.4, -0.2) is 23.0 Å². The van der Waals surface area contributed by atoms with Gasteiger partial charge in [-0.25, -0.2) is 0 Å². The zero-order valence-electron chi connectivity index (χ0n) is 14.1. The van der Waals surface area contributed by atoms with Crippen LogP contribution in [0.1, 0.15) is 17.2 Å². The third kappa shape index (κ3) is 3.90. The number of benzene rings is 3. The van der Waals surface area contributed by atoms with E-state index in [4.69, 9.17) is 5.73 Å². The number of carbonyl (C=O) groups is 2. The van der Waals surface area contributed by atoms with E-state index in [0.29, 0.717) is 5.56 Å². The summed E-state index contributed by atoms with van der Waals surface area (Å²) in [7, 11) is 0. The monoisotopic (exact) mass is 348 g/mol. The van der Waals surface area contributed by atoms with Gasteiger partial charge < -0.3 is 16.2 Å². The van der Waals surface area contributed by atoms with Crippen molar-refractivity contribution in [1.82, 2.24) is 5.32 Å². The van der Waals surface area contributed by atoms with Gasteiger partial charge in [-0.2, -0.15) is 0 Å². The zero-order chi connectivity index (χ0) is 18.5. The Morgan fingerprint density at radius 3 is 2.31 bits per heavy atom. The third-order valence-corrected chi connectivity index (χ3v) is 4.33. The van der Waals surface area contributed by atoms with Gasteiger partial charge in [0.25, 0.3) is 5.91 Å². The lowest BCUT2D eigenvalue weighted by Crippen LogP contribution is -2.47. The molecule has 3 aromatic carbocycles. The first-order chi connectivity index (χ1) is 12.6. The van der Waals surface area contributed by atoms with E-state index in [1.807, 2.05) is 42.5 Å². The highest BCUT2D eigenvalue weighted by molar-refractivity contribution is 5.90. The van der Waals surface area contributed by atoms with Gasteiger partial charge >= 0.3 is 0 Å². The van der Waals surface area contributed by atoms with Gasteiger partial charge in [-0.15, -0.1) is 0 Å². The maximum atomic E-state index is 12.3. The van der Waals surface area contributed by atoms with Crippen LogP contribution in [-0.2, 0) is 16.0 Å². The number of fused-ring (bicyclic) bond motifs is 1. The van der Waals surface area contributed by atoms with Crippen LogP contribution in [0.2, 0.25) is 0 Å². The molecule has 0 heterocycles. The predicted octanol–water partition coefficient (Wildman–Crippen LogP) is 2.09. The van der Waals surface area contributed by atoms with Crippen molar-refractivity contribution in [3.8, 4) is 0 Å². The second-order valence-corrected chi connectivity index (χ2v) is 6.12. The third-order valence-electron chi connectivity index (χ3n) is 4.33.